The average Bonchev–Trinajstić information content (AvgIpc) is 2.85. The van der Waals surface area contributed by atoms with E-state index in [0.717, 1.165) is 19.0 Å². The van der Waals surface area contributed by atoms with Crippen LogP contribution in [0.15, 0.2) is 0 Å². The van der Waals surface area contributed by atoms with Gasteiger partial charge in [-0.25, -0.2) is 0 Å². The third-order valence-electron chi connectivity index (χ3n) is 5.13. The third kappa shape index (κ3) is 1.33. The van der Waals surface area contributed by atoms with Gasteiger partial charge in [0.2, 0.25) is 0 Å². The molecule has 0 amide bonds. The van der Waals surface area contributed by atoms with E-state index < -0.39 is 0 Å². The fourth-order valence-corrected chi connectivity index (χ4v) is 3.05. The van der Waals surface area contributed by atoms with Crippen LogP contribution in [0, 0.1) is 5.92 Å². The third-order valence-corrected chi connectivity index (χ3v) is 5.13. The van der Waals surface area contributed by atoms with E-state index >= 15 is 0 Å². The molecule has 3 nitrogen and oxygen atoms in total. The van der Waals surface area contributed by atoms with Gasteiger partial charge in [0.15, 0.2) is 0 Å². The van der Waals surface area contributed by atoms with Gasteiger partial charge in [-0.15, -0.1) is 0 Å². The van der Waals surface area contributed by atoms with Crippen molar-refractivity contribution in [3.63, 3.8) is 0 Å². The molecule has 4 heteroatoms. The molecule has 1 saturated carbocycles. The Bertz CT molecular complexity index is 302. The summed E-state index contributed by atoms with van der Waals surface area (Å²) >= 11 is 0. The van der Waals surface area contributed by atoms with Gasteiger partial charge in [-0.1, -0.05) is 0 Å². The lowest BCUT2D eigenvalue weighted by molar-refractivity contribution is 0.00578. The van der Waals surface area contributed by atoms with Crippen molar-refractivity contribution in [1.29, 1.82) is 0 Å². The first-order chi connectivity index (χ1) is 7.37. The van der Waals surface area contributed by atoms with E-state index in [0.29, 0.717) is 0 Å². The highest BCUT2D eigenvalue weighted by Gasteiger charge is 2.69. The van der Waals surface area contributed by atoms with Gasteiger partial charge < -0.3 is 14.6 Å². The van der Waals surface area contributed by atoms with Crippen LogP contribution in [0.4, 0.5) is 0 Å². The Morgan fingerprint density at radius 1 is 1.12 bits per heavy atom. The zero-order valence-corrected chi connectivity index (χ0v) is 10.8. The highest BCUT2D eigenvalue weighted by Crippen LogP contribution is 2.66. The number of piperidine rings is 1. The fraction of sp³-hybridized carbons (Fsp3) is 1.00. The maximum absolute atomic E-state index is 6.19. The van der Waals surface area contributed by atoms with Gasteiger partial charge in [0.1, 0.15) is 0 Å². The van der Waals surface area contributed by atoms with Crippen LogP contribution in [-0.2, 0) is 9.31 Å². The van der Waals surface area contributed by atoms with Gasteiger partial charge in [-0.05, 0) is 59.5 Å². The van der Waals surface area contributed by atoms with E-state index in [4.69, 9.17) is 9.31 Å². The molecule has 1 aliphatic carbocycles. The van der Waals surface area contributed by atoms with Gasteiger partial charge in [0.05, 0.1) is 11.2 Å². The van der Waals surface area contributed by atoms with Crippen LogP contribution in [0.3, 0.4) is 0 Å². The Balaban J connectivity index is 1.79. The molecule has 1 N–H and O–H groups in total. The molecular weight excluding hydrogens is 201 g/mol. The van der Waals surface area contributed by atoms with Gasteiger partial charge in [0, 0.05) is 5.31 Å². The summed E-state index contributed by atoms with van der Waals surface area (Å²) in [6.07, 6.45) is 2.56. The Hall–Kier alpha value is -0.0551. The van der Waals surface area contributed by atoms with Crippen molar-refractivity contribution < 1.29 is 9.31 Å². The second kappa shape index (κ2) is 3.03. The Morgan fingerprint density at radius 2 is 1.75 bits per heavy atom. The molecule has 90 valence electrons. The minimum Gasteiger partial charge on any atom is -0.403 e. The maximum atomic E-state index is 6.19. The van der Waals surface area contributed by atoms with Crippen molar-refractivity contribution in [2.45, 2.75) is 57.1 Å². The lowest BCUT2D eigenvalue weighted by atomic mass is 9.65. The molecular formula is C12H22BNO2. The molecule has 0 spiro atoms. The fourth-order valence-electron chi connectivity index (χ4n) is 3.05. The van der Waals surface area contributed by atoms with Crippen molar-refractivity contribution in [3.05, 3.63) is 0 Å². The number of nitrogens with one attached hydrogen (secondary N) is 1. The maximum Gasteiger partial charge on any atom is 0.466 e. The van der Waals surface area contributed by atoms with E-state index in [9.17, 15) is 0 Å². The van der Waals surface area contributed by atoms with Crippen LogP contribution in [0.1, 0.15) is 40.5 Å². The smallest absolute Gasteiger partial charge is 0.403 e. The van der Waals surface area contributed by atoms with Crippen LogP contribution < -0.4 is 5.32 Å². The van der Waals surface area contributed by atoms with Crippen LogP contribution >= 0.6 is 0 Å². The molecule has 0 bridgehead atoms. The van der Waals surface area contributed by atoms with Crippen molar-refractivity contribution in [1.82, 2.24) is 5.32 Å². The molecule has 2 aliphatic heterocycles. The molecule has 0 aromatic carbocycles. The summed E-state index contributed by atoms with van der Waals surface area (Å²) in [5.41, 5.74) is -0.367. The summed E-state index contributed by atoms with van der Waals surface area (Å²) in [4.78, 5) is 0. The van der Waals surface area contributed by atoms with Gasteiger partial charge in [-0.2, -0.15) is 0 Å². The van der Waals surface area contributed by atoms with Crippen molar-refractivity contribution in [2.75, 3.05) is 13.1 Å². The summed E-state index contributed by atoms with van der Waals surface area (Å²) in [5, 5.41) is 3.77. The standard InChI is InChI=1S/C12H22BNO2/c1-10(2)11(3,4)16-13(15-10)12-7-9(12)5-6-14-8-12/h9,14H,5-8H2,1-4H3. The van der Waals surface area contributed by atoms with Gasteiger partial charge in [0.25, 0.3) is 0 Å². The molecule has 2 saturated heterocycles. The molecule has 2 heterocycles. The molecule has 2 unspecified atom stereocenters. The molecule has 0 aromatic rings. The lowest BCUT2D eigenvalue weighted by Crippen LogP contribution is -2.41. The molecule has 0 radical (unpaired) electrons. The zero-order valence-electron chi connectivity index (χ0n) is 10.8. The lowest BCUT2D eigenvalue weighted by Gasteiger charge is -2.32. The summed E-state index contributed by atoms with van der Waals surface area (Å²) < 4.78 is 12.4. The van der Waals surface area contributed by atoms with Crippen molar-refractivity contribution >= 4 is 7.12 Å². The number of hydrogen-bond acceptors (Lipinski definition) is 3. The van der Waals surface area contributed by atoms with E-state index in [1.165, 1.54) is 12.8 Å². The van der Waals surface area contributed by atoms with E-state index in [1.54, 1.807) is 0 Å². The minimum absolute atomic E-state index is 0.00435. The summed E-state index contributed by atoms with van der Waals surface area (Å²) in [6.45, 7) is 10.8. The van der Waals surface area contributed by atoms with Crippen molar-refractivity contribution in [3.8, 4) is 0 Å². The first-order valence-electron chi connectivity index (χ1n) is 6.44. The van der Waals surface area contributed by atoms with Crippen LogP contribution in [0.2, 0.25) is 5.31 Å². The van der Waals surface area contributed by atoms with Crippen molar-refractivity contribution in [2.24, 2.45) is 5.92 Å². The molecule has 3 rings (SSSR count). The van der Waals surface area contributed by atoms with E-state index in [1.807, 2.05) is 0 Å². The van der Waals surface area contributed by atoms with Crippen LogP contribution in [0.25, 0.3) is 0 Å². The Kier molecular flexibility index (Phi) is 2.10. The normalized spacial score (nSPS) is 44.2. The molecule has 0 aromatic heterocycles. The second-order valence-electron chi connectivity index (χ2n) is 6.69. The van der Waals surface area contributed by atoms with Crippen LogP contribution in [0.5, 0.6) is 0 Å². The molecule has 16 heavy (non-hydrogen) atoms. The van der Waals surface area contributed by atoms with E-state index in [2.05, 4.69) is 33.0 Å². The number of fused-ring (bicyclic) bond motifs is 1. The quantitative estimate of drug-likeness (QED) is 0.688. The van der Waals surface area contributed by atoms with Crippen LogP contribution in [-0.4, -0.2) is 31.4 Å². The predicted octanol–water partition coefficient (Wildman–Crippen LogP) is 1.83. The van der Waals surface area contributed by atoms with E-state index in [-0.39, 0.29) is 23.6 Å². The average molecular weight is 223 g/mol. The van der Waals surface area contributed by atoms with Gasteiger partial charge >= 0.3 is 7.12 Å². The molecule has 3 fully saturated rings. The Labute approximate surface area is 98.4 Å². The van der Waals surface area contributed by atoms with Gasteiger partial charge in [-0.3, -0.25) is 0 Å². The molecule has 3 aliphatic rings. The second-order valence-corrected chi connectivity index (χ2v) is 6.69. The minimum atomic E-state index is -0.184. The number of hydrogen-bond donors (Lipinski definition) is 1. The largest absolute Gasteiger partial charge is 0.466 e. The number of rotatable bonds is 1. The first kappa shape index (κ1) is 11.1. The highest BCUT2D eigenvalue weighted by molar-refractivity contribution is 6.51. The predicted molar refractivity (Wildman–Crippen MR) is 64.4 cm³/mol. The summed E-state index contributed by atoms with van der Waals surface area (Å²) in [6, 6.07) is 0. The molecule has 2 atom stereocenters. The summed E-state index contributed by atoms with van der Waals surface area (Å²) in [5.74, 6) is 0.823. The first-order valence-corrected chi connectivity index (χ1v) is 6.44. The zero-order chi connectivity index (χ0) is 11.6. The topological polar surface area (TPSA) is 30.5 Å². The Morgan fingerprint density at radius 3 is 2.31 bits per heavy atom. The highest BCUT2D eigenvalue weighted by atomic mass is 16.7. The SMILES string of the molecule is CC1(C)OB(C23CNCCC2C3)OC1(C)C. The summed E-state index contributed by atoms with van der Waals surface area (Å²) in [7, 11) is -0.00435. The monoisotopic (exact) mass is 223 g/mol.